The average molecular weight is 152 g/mol. The van der Waals surface area contributed by atoms with Crippen LogP contribution in [0.1, 0.15) is 40.5 Å². The first-order valence-electron chi connectivity index (χ1n) is 4.68. The lowest BCUT2D eigenvalue weighted by atomic mass is 9.74. The smallest absolute Gasteiger partial charge is 0.0184 e. The van der Waals surface area contributed by atoms with Crippen molar-refractivity contribution in [1.82, 2.24) is 0 Å². The summed E-state index contributed by atoms with van der Waals surface area (Å²) in [6, 6.07) is 0. The zero-order chi connectivity index (χ0) is 8.48. The Kier molecular flexibility index (Phi) is 2.41. The van der Waals surface area contributed by atoms with Crippen LogP contribution in [0.15, 0.2) is 12.2 Å². The van der Waals surface area contributed by atoms with Crippen molar-refractivity contribution >= 4 is 0 Å². The predicted molar refractivity (Wildman–Crippen MR) is 50.5 cm³/mol. The third kappa shape index (κ3) is 2.36. The van der Waals surface area contributed by atoms with E-state index in [4.69, 9.17) is 0 Å². The van der Waals surface area contributed by atoms with E-state index in [-0.39, 0.29) is 0 Å². The fourth-order valence-electron chi connectivity index (χ4n) is 1.68. The van der Waals surface area contributed by atoms with Gasteiger partial charge >= 0.3 is 0 Å². The molecular formula is C11H20. The largest absolute Gasteiger partial charge is 0.0854 e. The van der Waals surface area contributed by atoms with E-state index in [0.29, 0.717) is 5.41 Å². The van der Waals surface area contributed by atoms with E-state index in [1.54, 1.807) is 0 Å². The van der Waals surface area contributed by atoms with Crippen LogP contribution >= 0.6 is 0 Å². The van der Waals surface area contributed by atoms with Gasteiger partial charge in [-0.05, 0) is 30.1 Å². The van der Waals surface area contributed by atoms with Gasteiger partial charge in [-0.2, -0.15) is 0 Å². The molecule has 0 fully saturated rings. The SMILES string of the molecule is C[C@H]1C=CC(C(C)(C)C)CC1. The fraction of sp³-hybridized carbons (Fsp3) is 0.818. The van der Waals surface area contributed by atoms with E-state index in [2.05, 4.69) is 39.8 Å². The predicted octanol–water partition coefficient (Wildman–Crippen LogP) is 3.63. The van der Waals surface area contributed by atoms with E-state index in [1.807, 2.05) is 0 Å². The molecule has 0 heterocycles. The highest BCUT2D eigenvalue weighted by Gasteiger charge is 2.24. The lowest BCUT2D eigenvalue weighted by Gasteiger charge is -2.31. The maximum absolute atomic E-state index is 2.41. The van der Waals surface area contributed by atoms with Crippen LogP contribution < -0.4 is 0 Å². The van der Waals surface area contributed by atoms with Crippen molar-refractivity contribution in [3.05, 3.63) is 12.2 Å². The zero-order valence-corrected chi connectivity index (χ0v) is 8.22. The van der Waals surface area contributed by atoms with E-state index in [0.717, 1.165) is 11.8 Å². The first kappa shape index (κ1) is 8.83. The number of hydrogen-bond acceptors (Lipinski definition) is 0. The Morgan fingerprint density at radius 3 is 2.09 bits per heavy atom. The molecule has 0 aromatic rings. The van der Waals surface area contributed by atoms with Crippen LogP contribution in [0.5, 0.6) is 0 Å². The minimum absolute atomic E-state index is 0.469. The molecule has 0 N–H and O–H groups in total. The van der Waals surface area contributed by atoms with Crippen molar-refractivity contribution in [2.24, 2.45) is 17.3 Å². The molecule has 1 unspecified atom stereocenters. The van der Waals surface area contributed by atoms with Crippen LogP contribution in [0.3, 0.4) is 0 Å². The van der Waals surface area contributed by atoms with Crippen LogP contribution in [-0.4, -0.2) is 0 Å². The molecular weight excluding hydrogens is 132 g/mol. The summed E-state index contributed by atoms with van der Waals surface area (Å²) in [4.78, 5) is 0. The minimum Gasteiger partial charge on any atom is -0.0854 e. The van der Waals surface area contributed by atoms with Crippen molar-refractivity contribution in [3.63, 3.8) is 0 Å². The van der Waals surface area contributed by atoms with Crippen LogP contribution in [0, 0.1) is 17.3 Å². The van der Waals surface area contributed by atoms with Gasteiger partial charge in [-0.15, -0.1) is 0 Å². The molecule has 1 aliphatic carbocycles. The Hall–Kier alpha value is -0.260. The van der Waals surface area contributed by atoms with Gasteiger partial charge in [0.25, 0.3) is 0 Å². The van der Waals surface area contributed by atoms with Gasteiger partial charge in [0.2, 0.25) is 0 Å². The van der Waals surface area contributed by atoms with Gasteiger partial charge in [0.1, 0.15) is 0 Å². The maximum atomic E-state index is 2.41. The van der Waals surface area contributed by atoms with Crippen LogP contribution in [0.25, 0.3) is 0 Å². The Morgan fingerprint density at radius 2 is 1.73 bits per heavy atom. The van der Waals surface area contributed by atoms with Crippen LogP contribution in [0.4, 0.5) is 0 Å². The summed E-state index contributed by atoms with van der Waals surface area (Å²) in [5.74, 6) is 1.62. The summed E-state index contributed by atoms with van der Waals surface area (Å²) in [6.07, 6.45) is 7.53. The summed E-state index contributed by atoms with van der Waals surface area (Å²) in [5.41, 5.74) is 0.469. The average Bonchev–Trinajstić information content (AvgIpc) is 1.86. The Bertz CT molecular complexity index is 148. The Labute approximate surface area is 70.7 Å². The number of rotatable bonds is 0. The van der Waals surface area contributed by atoms with Crippen molar-refractivity contribution in [3.8, 4) is 0 Å². The van der Waals surface area contributed by atoms with E-state index in [1.165, 1.54) is 12.8 Å². The normalized spacial score (nSPS) is 32.4. The van der Waals surface area contributed by atoms with Gasteiger partial charge in [-0.25, -0.2) is 0 Å². The summed E-state index contributed by atoms with van der Waals surface area (Å²) < 4.78 is 0. The van der Waals surface area contributed by atoms with Gasteiger partial charge in [0.15, 0.2) is 0 Å². The second kappa shape index (κ2) is 3.00. The summed E-state index contributed by atoms with van der Waals surface area (Å²) in [6.45, 7) is 9.30. The highest BCUT2D eigenvalue weighted by molar-refractivity contribution is 5.00. The van der Waals surface area contributed by atoms with E-state index in [9.17, 15) is 0 Å². The molecule has 1 aliphatic rings. The van der Waals surface area contributed by atoms with Gasteiger partial charge in [-0.3, -0.25) is 0 Å². The first-order valence-corrected chi connectivity index (χ1v) is 4.68. The highest BCUT2D eigenvalue weighted by atomic mass is 14.3. The second-order valence-corrected chi connectivity index (χ2v) is 4.91. The molecule has 1 rings (SSSR count). The summed E-state index contributed by atoms with van der Waals surface area (Å²) in [7, 11) is 0. The van der Waals surface area contributed by atoms with Crippen LogP contribution in [0.2, 0.25) is 0 Å². The van der Waals surface area contributed by atoms with E-state index >= 15 is 0 Å². The second-order valence-electron chi connectivity index (χ2n) is 4.91. The van der Waals surface area contributed by atoms with Gasteiger partial charge in [0, 0.05) is 0 Å². The molecule has 11 heavy (non-hydrogen) atoms. The first-order chi connectivity index (χ1) is 5.00. The number of hydrogen-bond donors (Lipinski definition) is 0. The summed E-state index contributed by atoms with van der Waals surface area (Å²) in [5, 5.41) is 0. The van der Waals surface area contributed by atoms with Gasteiger partial charge in [0.05, 0.1) is 0 Å². The lowest BCUT2D eigenvalue weighted by molar-refractivity contribution is 0.256. The molecule has 0 saturated heterocycles. The quantitative estimate of drug-likeness (QED) is 0.465. The van der Waals surface area contributed by atoms with Gasteiger partial charge in [-0.1, -0.05) is 39.8 Å². The zero-order valence-electron chi connectivity index (χ0n) is 8.22. The van der Waals surface area contributed by atoms with Gasteiger partial charge < -0.3 is 0 Å². The van der Waals surface area contributed by atoms with E-state index < -0.39 is 0 Å². The molecule has 0 bridgehead atoms. The minimum atomic E-state index is 0.469. The topological polar surface area (TPSA) is 0 Å². The molecule has 0 heteroatoms. The lowest BCUT2D eigenvalue weighted by Crippen LogP contribution is -2.21. The van der Waals surface area contributed by atoms with Crippen molar-refractivity contribution in [2.75, 3.05) is 0 Å². The Morgan fingerprint density at radius 1 is 1.09 bits per heavy atom. The maximum Gasteiger partial charge on any atom is -0.0184 e. The van der Waals surface area contributed by atoms with Crippen molar-refractivity contribution in [2.45, 2.75) is 40.5 Å². The molecule has 0 nitrogen and oxygen atoms in total. The molecule has 0 aromatic carbocycles. The highest BCUT2D eigenvalue weighted by Crippen LogP contribution is 2.35. The molecule has 64 valence electrons. The third-order valence-electron chi connectivity index (χ3n) is 2.72. The Balaban J connectivity index is 2.57. The standard InChI is InChI=1S/C11H20/c1-9-5-7-10(8-6-9)11(2,3)4/h5,7,9-10H,6,8H2,1-4H3/t9-,10?/m0/s1. The molecule has 0 aliphatic heterocycles. The molecule has 0 radical (unpaired) electrons. The summed E-state index contributed by atoms with van der Waals surface area (Å²) >= 11 is 0. The molecule has 0 amide bonds. The molecule has 0 spiro atoms. The number of allylic oxidation sites excluding steroid dienone is 2. The van der Waals surface area contributed by atoms with Crippen molar-refractivity contribution < 1.29 is 0 Å². The molecule has 0 saturated carbocycles. The van der Waals surface area contributed by atoms with Crippen LogP contribution in [-0.2, 0) is 0 Å². The monoisotopic (exact) mass is 152 g/mol. The third-order valence-corrected chi connectivity index (χ3v) is 2.72. The fourth-order valence-corrected chi connectivity index (χ4v) is 1.68. The molecule has 0 aromatic heterocycles. The molecule has 2 atom stereocenters. The van der Waals surface area contributed by atoms with Crippen molar-refractivity contribution in [1.29, 1.82) is 0 Å².